The summed E-state index contributed by atoms with van der Waals surface area (Å²) in [5.74, 6) is 0.879. The molecule has 0 spiro atoms. The topological polar surface area (TPSA) is 16.4 Å². The van der Waals surface area contributed by atoms with Gasteiger partial charge in [0.2, 0.25) is 0 Å². The summed E-state index contributed by atoms with van der Waals surface area (Å²) in [6.07, 6.45) is 0. The molecule has 198 valence electrons. The van der Waals surface area contributed by atoms with Crippen LogP contribution < -0.4 is 4.90 Å². The second kappa shape index (κ2) is 10.1. The molecule has 0 saturated carbocycles. The predicted octanol–water partition coefficient (Wildman–Crippen LogP) is 11.5. The summed E-state index contributed by atoms with van der Waals surface area (Å²) in [7, 11) is 0. The molecule has 0 N–H and O–H groups in total. The Bertz CT molecular complexity index is 2160. The molecule has 0 aliphatic carbocycles. The minimum absolute atomic E-state index is 0.879. The van der Waals surface area contributed by atoms with E-state index in [4.69, 9.17) is 4.42 Å². The van der Waals surface area contributed by atoms with E-state index >= 15 is 0 Å². The Labute approximate surface area is 244 Å². The molecule has 0 unspecified atom stereocenters. The van der Waals surface area contributed by atoms with Gasteiger partial charge in [0.1, 0.15) is 11.3 Å². The van der Waals surface area contributed by atoms with Crippen LogP contribution in [-0.2, 0) is 0 Å². The zero-order valence-corrected chi connectivity index (χ0v) is 22.9. The summed E-state index contributed by atoms with van der Waals surface area (Å²) in [4.78, 5) is 2.36. The van der Waals surface area contributed by atoms with Gasteiger partial charge in [-0.2, -0.15) is 0 Å². The van der Waals surface area contributed by atoms with Crippen molar-refractivity contribution >= 4 is 49.6 Å². The zero-order valence-electron chi connectivity index (χ0n) is 22.9. The Balaban J connectivity index is 1.27. The highest BCUT2D eigenvalue weighted by Gasteiger charge is 2.18. The molecule has 7 aromatic carbocycles. The fourth-order valence-corrected chi connectivity index (χ4v) is 6.08. The largest absolute Gasteiger partial charge is 0.456 e. The van der Waals surface area contributed by atoms with Crippen LogP contribution >= 0.6 is 0 Å². The van der Waals surface area contributed by atoms with E-state index in [2.05, 4.69) is 150 Å². The predicted molar refractivity (Wildman–Crippen MR) is 177 cm³/mol. The summed E-state index contributed by atoms with van der Waals surface area (Å²) in [6.45, 7) is 0. The van der Waals surface area contributed by atoms with Crippen LogP contribution in [0, 0.1) is 0 Å². The summed E-state index contributed by atoms with van der Waals surface area (Å²) >= 11 is 0. The Kier molecular flexibility index (Phi) is 5.82. The summed E-state index contributed by atoms with van der Waals surface area (Å²) in [5.41, 5.74) is 7.66. The SMILES string of the molecule is c1ccc(N(c2ccc(-c3ccccc3-c3cc4ccccc4o3)cc2)c2cc3ccccc3c3ccccc23)cc1. The van der Waals surface area contributed by atoms with Crippen molar-refractivity contribution in [1.82, 2.24) is 0 Å². The summed E-state index contributed by atoms with van der Waals surface area (Å²) in [6, 6.07) is 57.9. The maximum atomic E-state index is 6.26. The number of nitrogens with zero attached hydrogens (tertiary/aromatic N) is 1. The van der Waals surface area contributed by atoms with Crippen molar-refractivity contribution < 1.29 is 4.42 Å². The number of anilines is 3. The average molecular weight is 538 g/mol. The lowest BCUT2D eigenvalue weighted by molar-refractivity contribution is 0.632. The van der Waals surface area contributed by atoms with Crippen molar-refractivity contribution in [2.75, 3.05) is 4.90 Å². The molecule has 8 aromatic rings. The maximum Gasteiger partial charge on any atom is 0.136 e. The van der Waals surface area contributed by atoms with Gasteiger partial charge < -0.3 is 9.32 Å². The number of hydrogen-bond acceptors (Lipinski definition) is 2. The first-order chi connectivity index (χ1) is 20.8. The van der Waals surface area contributed by atoms with Gasteiger partial charge in [0.15, 0.2) is 0 Å². The lowest BCUT2D eigenvalue weighted by Crippen LogP contribution is -2.10. The second-order valence-electron chi connectivity index (χ2n) is 10.6. The Morgan fingerprint density at radius 3 is 1.79 bits per heavy atom. The van der Waals surface area contributed by atoms with Crippen molar-refractivity contribution in [2.24, 2.45) is 0 Å². The molecule has 8 rings (SSSR count). The first-order valence-electron chi connectivity index (χ1n) is 14.3. The number of furan rings is 1. The van der Waals surface area contributed by atoms with E-state index in [0.29, 0.717) is 0 Å². The van der Waals surface area contributed by atoms with Crippen LogP contribution in [0.25, 0.3) is 55.0 Å². The third-order valence-corrected chi connectivity index (χ3v) is 8.06. The molecule has 0 bridgehead atoms. The van der Waals surface area contributed by atoms with Crippen molar-refractivity contribution in [2.45, 2.75) is 0 Å². The molecule has 0 aliphatic heterocycles. The molecule has 0 fully saturated rings. The lowest BCUT2D eigenvalue weighted by Gasteiger charge is -2.27. The third-order valence-electron chi connectivity index (χ3n) is 8.06. The molecule has 2 heteroatoms. The second-order valence-corrected chi connectivity index (χ2v) is 10.6. The van der Waals surface area contributed by atoms with Crippen molar-refractivity contribution in [3.63, 3.8) is 0 Å². The van der Waals surface area contributed by atoms with Gasteiger partial charge >= 0.3 is 0 Å². The monoisotopic (exact) mass is 537 g/mol. The van der Waals surface area contributed by atoms with E-state index in [1.54, 1.807) is 0 Å². The highest BCUT2D eigenvalue weighted by molar-refractivity contribution is 6.14. The van der Waals surface area contributed by atoms with Gasteiger partial charge in [0.05, 0.1) is 5.69 Å². The normalized spacial score (nSPS) is 11.3. The first-order valence-corrected chi connectivity index (χ1v) is 14.3. The highest BCUT2D eigenvalue weighted by atomic mass is 16.3. The molecule has 0 amide bonds. The van der Waals surface area contributed by atoms with Gasteiger partial charge in [-0.15, -0.1) is 0 Å². The van der Waals surface area contributed by atoms with Crippen LogP contribution in [0.3, 0.4) is 0 Å². The standard InChI is InChI=1S/C40H27NO/c1-2-14-31(15-3-1)41(38-26-29-12-4-6-17-34(29)35-18-8-9-19-36(35)38)32-24-22-28(23-25-32)33-16-7-10-20-37(33)40-27-30-13-5-11-21-39(30)42-40/h1-27H. The fraction of sp³-hybridized carbons (Fsp3) is 0. The molecule has 42 heavy (non-hydrogen) atoms. The molecule has 1 heterocycles. The number of fused-ring (bicyclic) bond motifs is 4. The van der Waals surface area contributed by atoms with Crippen LogP contribution in [0.15, 0.2) is 168 Å². The van der Waals surface area contributed by atoms with Crippen molar-refractivity contribution in [3.8, 4) is 22.5 Å². The quantitative estimate of drug-likeness (QED) is 0.203. The Morgan fingerprint density at radius 2 is 1.00 bits per heavy atom. The lowest BCUT2D eigenvalue weighted by atomic mass is 9.97. The Morgan fingerprint density at radius 1 is 0.405 bits per heavy atom. The van der Waals surface area contributed by atoms with Gasteiger partial charge in [0, 0.05) is 27.7 Å². The van der Waals surface area contributed by atoms with E-state index in [9.17, 15) is 0 Å². The smallest absolute Gasteiger partial charge is 0.136 e. The molecule has 0 aliphatic rings. The van der Waals surface area contributed by atoms with E-state index in [1.165, 1.54) is 21.5 Å². The highest BCUT2D eigenvalue weighted by Crippen LogP contribution is 2.43. The van der Waals surface area contributed by atoms with Crippen LogP contribution in [0.2, 0.25) is 0 Å². The van der Waals surface area contributed by atoms with E-state index in [-0.39, 0.29) is 0 Å². The molecular weight excluding hydrogens is 510 g/mol. The van der Waals surface area contributed by atoms with Crippen LogP contribution in [0.5, 0.6) is 0 Å². The van der Waals surface area contributed by atoms with E-state index in [0.717, 1.165) is 50.5 Å². The number of para-hydroxylation sites is 2. The first kappa shape index (κ1) is 24.2. The van der Waals surface area contributed by atoms with Crippen LogP contribution in [-0.4, -0.2) is 0 Å². The fourth-order valence-electron chi connectivity index (χ4n) is 6.08. The molecule has 1 aromatic heterocycles. The number of benzene rings is 7. The molecule has 2 nitrogen and oxygen atoms in total. The molecule has 0 atom stereocenters. The van der Waals surface area contributed by atoms with Crippen molar-refractivity contribution in [3.05, 3.63) is 164 Å². The van der Waals surface area contributed by atoms with Crippen LogP contribution in [0.1, 0.15) is 0 Å². The van der Waals surface area contributed by atoms with Crippen molar-refractivity contribution in [1.29, 1.82) is 0 Å². The summed E-state index contributed by atoms with van der Waals surface area (Å²) < 4.78 is 6.26. The van der Waals surface area contributed by atoms with Gasteiger partial charge in [-0.3, -0.25) is 0 Å². The van der Waals surface area contributed by atoms with Gasteiger partial charge in [-0.25, -0.2) is 0 Å². The van der Waals surface area contributed by atoms with Crippen LogP contribution in [0.4, 0.5) is 17.1 Å². The Hall–Kier alpha value is -5.60. The number of rotatable bonds is 5. The van der Waals surface area contributed by atoms with Gasteiger partial charge in [-0.1, -0.05) is 121 Å². The van der Waals surface area contributed by atoms with Gasteiger partial charge in [0.25, 0.3) is 0 Å². The van der Waals surface area contributed by atoms with E-state index in [1.807, 2.05) is 18.2 Å². The minimum Gasteiger partial charge on any atom is -0.456 e. The zero-order chi connectivity index (χ0) is 27.9. The molecular formula is C40H27NO. The van der Waals surface area contributed by atoms with E-state index < -0.39 is 0 Å². The maximum absolute atomic E-state index is 6.26. The molecule has 0 radical (unpaired) electrons. The number of hydrogen-bond donors (Lipinski definition) is 0. The molecule has 0 saturated heterocycles. The summed E-state index contributed by atoms with van der Waals surface area (Å²) in [5, 5.41) is 6.08. The van der Waals surface area contributed by atoms with Gasteiger partial charge in [-0.05, 0) is 69.8 Å². The third kappa shape index (κ3) is 4.13. The minimum atomic E-state index is 0.879. The average Bonchev–Trinajstić information content (AvgIpc) is 3.50.